The van der Waals surface area contributed by atoms with Crippen LogP contribution in [0.15, 0.2) is 24.4 Å². The Morgan fingerprint density at radius 3 is 2.56 bits per heavy atom. The maximum Gasteiger partial charge on any atom is 0.256 e. The zero-order valence-corrected chi connectivity index (χ0v) is 15.7. The number of amides is 1. The van der Waals surface area contributed by atoms with Crippen LogP contribution >= 0.6 is 24.8 Å². The number of piperidine rings is 1. The second kappa shape index (κ2) is 9.15. The summed E-state index contributed by atoms with van der Waals surface area (Å²) in [4.78, 5) is 21.4. The number of hydrogen-bond donors (Lipinski definition) is 2. The maximum atomic E-state index is 12.8. The first-order chi connectivity index (χ1) is 11.2. The Morgan fingerprint density at radius 2 is 1.92 bits per heavy atom. The van der Waals surface area contributed by atoms with E-state index in [1.807, 2.05) is 6.07 Å². The number of pyridine rings is 2. The number of halogens is 2. The predicted octanol–water partition coefficient (Wildman–Crippen LogP) is 2.19. The summed E-state index contributed by atoms with van der Waals surface area (Å²) in [6.07, 6.45) is 2.91. The number of hydrogen-bond acceptors (Lipinski definition) is 6. The molecule has 0 bridgehead atoms. The molecule has 2 aromatic heterocycles. The number of carbonyl (C=O) groups excluding carboxylic acids is 1. The lowest BCUT2D eigenvalue weighted by Gasteiger charge is -2.34. The summed E-state index contributed by atoms with van der Waals surface area (Å²) < 4.78 is 10.7. The average molecular weight is 389 g/mol. The molecule has 0 radical (unpaired) electrons. The minimum Gasteiger partial charge on any atom is -0.481 e. The van der Waals surface area contributed by atoms with Crippen molar-refractivity contribution in [2.24, 2.45) is 0 Å². The van der Waals surface area contributed by atoms with E-state index in [1.165, 1.54) is 0 Å². The van der Waals surface area contributed by atoms with Gasteiger partial charge in [-0.2, -0.15) is 0 Å². The van der Waals surface area contributed by atoms with Crippen molar-refractivity contribution >= 4 is 47.4 Å². The summed E-state index contributed by atoms with van der Waals surface area (Å²) in [6.45, 7) is 1.51. The summed E-state index contributed by atoms with van der Waals surface area (Å²) in [5.74, 6) is 0.322. The molecular weight excluding hydrogens is 367 g/mol. The van der Waals surface area contributed by atoms with Crippen molar-refractivity contribution in [3.8, 4) is 5.88 Å². The van der Waals surface area contributed by atoms with E-state index in [0.29, 0.717) is 35.4 Å². The van der Waals surface area contributed by atoms with Crippen molar-refractivity contribution in [3.63, 3.8) is 0 Å². The number of carbonyl (C=O) groups is 1. The van der Waals surface area contributed by atoms with Gasteiger partial charge < -0.3 is 20.1 Å². The minimum atomic E-state index is -0.806. The molecule has 0 aliphatic carbocycles. The van der Waals surface area contributed by atoms with Gasteiger partial charge in [-0.3, -0.25) is 9.78 Å². The molecule has 1 amide bonds. The van der Waals surface area contributed by atoms with E-state index < -0.39 is 5.60 Å². The van der Waals surface area contributed by atoms with E-state index in [9.17, 15) is 4.79 Å². The Bertz CT molecular complexity index is 724. The number of nitrogens with zero attached hydrogens (tertiary/aromatic N) is 2. The third kappa shape index (κ3) is 4.30. The molecule has 0 atom stereocenters. The van der Waals surface area contributed by atoms with Gasteiger partial charge in [-0.1, -0.05) is 0 Å². The largest absolute Gasteiger partial charge is 0.481 e. The van der Waals surface area contributed by atoms with Crippen molar-refractivity contribution in [1.82, 2.24) is 15.3 Å². The normalized spacial score (nSPS) is 15.6. The molecule has 1 saturated heterocycles. The van der Waals surface area contributed by atoms with E-state index >= 15 is 0 Å². The molecule has 9 heteroatoms. The van der Waals surface area contributed by atoms with Gasteiger partial charge in [-0.05, 0) is 38.1 Å². The lowest BCUT2D eigenvalue weighted by Crippen LogP contribution is -2.51. The number of rotatable bonds is 4. The van der Waals surface area contributed by atoms with Crippen LogP contribution in [0, 0.1) is 0 Å². The van der Waals surface area contributed by atoms with Crippen LogP contribution in [0.4, 0.5) is 5.69 Å². The summed E-state index contributed by atoms with van der Waals surface area (Å²) in [6, 6.07) is 5.29. The van der Waals surface area contributed by atoms with Crippen LogP contribution in [-0.4, -0.2) is 48.8 Å². The summed E-state index contributed by atoms with van der Waals surface area (Å²) >= 11 is 0. The fourth-order valence-electron chi connectivity index (χ4n) is 2.81. The first kappa shape index (κ1) is 21.4. The topological polar surface area (TPSA) is 85.4 Å². The Morgan fingerprint density at radius 1 is 1.20 bits per heavy atom. The molecule has 25 heavy (non-hydrogen) atoms. The molecule has 0 spiro atoms. The molecule has 138 valence electrons. The molecule has 7 nitrogen and oxygen atoms in total. The van der Waals surface area contributed by atoms with E-state index in [4.69, 9.17) is 9.47 Å². The highest BCUT2D eigenvalue weighted by Gasteiger charge is 2.39. The van der Waals surface area contributed by atoms with Crippen LogP contribution in [0.2, 0.25) is 0 Å². The number of anilines is 1. The molecule has 0 saturated carbocycles. The Hall–Kier alpha value is -1.67. The summed E-state index contributed by atoms with van der Waals surface area (Å²) in [7, 11) is 3.13. The highest BCUT2D eigenvalue weighted by molar-refractivity contribution is 6.03. The van der Waals surface area contributed by atoms with Gasteiger partial charge in [0.1, 0.15) is 11.1 Å². The molecule has 1 aliphatic rings. The van der Waals surface area contributed by atoms with Crippen molar-refractivity contribution in [2.45, 2.75) is 18.4 Å². The number of aromatic nitrogens is 2. The van der Waals surface area contributed by atoms with E-state index in [-0.39, 0.29) is 30.7 Å². The quantitative estimate of drug-likeness (QED) is 0.834. The van der Waals surface area contributed by atoms with Gasteiger partial charge in [0.2, 0.25) is 5.88 Å². The fourth-order valence-corrected chi connectivity index (χ4v) is 2.81. The SMILES string of the molecule is COc1ccc2nccc(NC(=O)C3(OC)CCNCC3)c2n1.Cl.Cl. The molecule has 0 aromatic carbocycles. The molecule has 3 heterocycles. The predicted molar refractivity (Wildman–Crippen MR) is 101 cm³/mol. The maximum absolute atomic E-state index is 12.8. The molecule has 2 N–H and O–H groups in total. The average Bonchev–Trinajstić information content (AvgIpc) is 2.62. The molecule has 3 rings (SSSR count). The van der Waals surface area contributed by atoms with Crippen molar-refractivity contribution < 1.29 is 14.3 Å². The van der Waals surface area contributed by atoms with Gasteiger partial charge in [0.15, 0.2) is 0 Å². The second-order valence-electron chi connectivity index (χ2n) is 5.48. The van der Waals surface area contributed by atoms with Crippen LogP contribution in [-0.2, 0) is 9.53 Å². The number of nitrogens with one attached hydrogen (secondary N) is 2. The number of fused-ring (bicyclic) bond motifs is 1. The molecular formula is C16H22Cl2N4O3. The van der Waals surface area contributed by atoms with Gasteiger partial charge in [0.25, 0.3) is 5.91 Å². The molecule has 1 aliphatic heterocycles. The van der Waals surface area contributed by atoms with Gasteiger partial charge >= 0.3 is 0 Å². The van der Waals surface area contributed by atoms with Gasteiger partial charge in [-0.15, -0.1) is 24.8 Å². The smallest absolute Gasteiger partial charge is 0.256 e. The first-order valence-corrected chi connectivity index (χ1v) is 7.55. The standard InChI is InChI=1S/C16H20N4O3.2ClH/c1-22-13-4-3-11-14(20-13)12(5-8-18-11)19-15(21)16(23-2)6-9-17-10-7-16;;/h3-5,8,17H,6-7,9-10H2,1-2H3,(H,18,19,21);2*1H. The zero-order valence-electron chi connectivity index (χ0n) is 14.1. The van der Waals surface area contributed by atoms with Crippen LogP contribution in [0.3, 0.4) is 0 Å². The second-order valence-corrected chi connectivity index (χ2v) is 5.48. The van der Waals surface area contributed by atoms with Crippen LogP contribution in [0.25, 0.3) is 11.0 Å². The van der Waals surface area contributed by atoms with Gasteiger partial charge in [-0.25, -0.2) is 4.98 Å². The highest BCUT2D eigenvalue weighted by Crippen LogP contribution is 2.27. The van der Waals surface area contributed by atoms with Crippen molar-refractivity contribution in [2.75, 3.05) is 32.6 Å². The van der Waals surface area contributed by atoms with E-state index in [1.54, 1.807) is 32.5 Å². The van der Waals surface area contributed by atoms with Gasteiger partial charge in [0.05, 0.1) is 18.3 Å². The Kier molecular flexibility index (Phi) is 7.82. The summed E-state index contributed by atoms with van der Waals surface area (Å²) in [5.41, 5.74) is 1.09. The minimum absolute atomic E-state index is 0. The number of methoxy groups -OCH3 is 2. The van der Waals surface area contributed by atoms with Crippen molar-refractivity contribution in [3.05, 3.63) is 24.4 Å². The zero-order chi connectivity index (χ0) is 16.3. The van der Waals surface area contributed by atoms with Gasteiger partial charge in [0, 0.05) is 19.4 Å². The van der Waals surface area contributed by atoms with E-state index in [2.05, 4.69) is 20.6 Å². The van der Waals surface area contributed by atoms with Crippen molar-refractivity contribution in [1.29, 1.82) is 0 Å². The number of ether oxygens (including phenoxy) is 2. The van der Waals surface area contributed by atoms with Crippen LogP contribution in [0.1, 0.15) is 12.8 Å². The van der Waals surface area contributed by atoms with Crippen LogP contribution in [0.5, 0.6) is 5.88 Å². The third-order valence-electron chi connectivity index (χ3n) is 4.23. The summed E-state index contributed by atoms with van der Waals surface area (Å²) in [5, 5.41) is 6.19. The molecule has 2 aromatic rings. The molecule has 0 unspecified atom stereocenters. The monoisotopic (exact) mass is 388 g/mol. The lowest BCUT2D eigenvalue weighted by molar-refractivity contribution is -0.140. The lowest BCUT2D eigenvalue weighted by atomic mass is 9.91. The third-order valence-corrected chi connectivity index (χ3v) is 4.23. The highest BCUT2D eigenvalue weighted by atomic mass is 35.5. The Labute approximate surface area is 158 Å². The van der Waals surface area contributed by atoms with Crippen LogP contribution < -0.4 is 15.4 Å². The molecule has 1 fully saturated rings. The Balaban J connectivity index is 0.00000156. The van der Waals surface area contributed by atoms with E-state index in [0.717, 1.165) is 13.1 Å². The first-order valence-electron chi connectivity index (χ1n) is 7.55. The fraction of sp³-hybridized carbons (Fsp3) is 0.438.